The third-order valence-electron chi connectivity index (χ3n) is 6.62. The van der Waals surface area contributed by atoms with E-state index in [-0.39, 0.29) is 25.0 Å². The molecule has 2 aliphatic heterocycles. The van der Waals surface area contributed by atoms with Crippen molar-refractivity contribution in [3.8, 4) is 0 Å². The predicted octanol–water partition coefficient (Wildman–Crippen LogP) is 3.91. The number of aryl methyl sites for hydroxylation is 1. The van der Waals surface area contributed by atoms with Gasteiger partial charge in [-0.15, -0.1) is 11.3 Å². The van der Waals surface area contributed by atoms with Crippen molar-refractivity contribution in [1.29, 1.82) is 0 Å². The van der Waals surface area contributed by atoms with Gasteiger partial charge in [-0.25, -0.2) is 9.37 Å². The van der Waals surface area contributed by atoms with Gasteiger partial charge in [0.05, 0.1) is 37.2 Å². The van der Waals surface area contributed by atoms with Crippen molar-refractivity contribution in [2.45, 2.75) is 38.9 Å². The average molecular weight is 546 g/mol. The number of aromatic nitrogens is 2. The lowest BCUT2D eigenvalue weighted by molar-refractivity contribution is -0.0779. The molecule has 4 heterocycles. The van der Waals surface area contributed by atoms with Crippen molar-refractivity contribution in [3.63, 3.8) is 0 Å². The highest BCUT2D eigenvalue weighted by Gasteiger charge is 2.35. The molecule has 0 radical (unpaired) electrons. The minimum absolute atomic E-state index is 0.166. The second-order valence-corrected chi connectivity index (χ2v) is 10.5. The second kappa shape index (κ2) is 10.9. The molecule has 0 fully saturated rings. The monoisotopic (exact) mass is 545 g/mol. The highest BCUT2D eigenvalue weighted by molar-refractivity contribution is 7.13. The van der Waals surface area contributed by atoms with Crippen LogP contribution in [-0.2, 0) is 24.4 Å². The highest BCUT2D eigenvalue weighted by atomic mass is 35.5. The number of fused-ring (bicyclic) bond motifs is 1. The summed E-state index contributed by atoms with van der Waals surface area (Å²) in [4.78, 5) is 6.33. The van der Waals surface area contributed by atoms with E-state index < -0.39 is 6.23 Å². The van der Waals surface area contributed by atoms with Gasteiger partial charge in [-0.3, -0.25) is 4.90 Å². The van der Waals surface area contributed by atoms with Crippen LogP contribution in [0.3, 0.4) is 0 Å². The first-order valence-electron chi connectivity index (χ1n) is 11.9. The quantitative estimate of drug-likeness (QED) is 0.341. The molecular weight excluding hydrogens is 517 g/mol. The number of benzene rings is 1. The van der Waals surface area contributed by atoms with Gasteiger partial charge in [-0.1, -0.05) is 17.7 Å². The Labute approximate surface area is 223 Å². The van der Waals surface area contributed by atoms with Gasteiger partial charge in [0.2, 0.25) is 0 Å². The summed E-state index contributed by atoms with van der Waals surface area (Å²) in [6, 6.07) is 6.08. The number of methoxy groups -OCH3 is 1. The smallest absolute Gasteiger partial charge is 0.188 e. The third kappa shape index (κ3) is 5.45. The van der Waals surface area contributed by atoms with E-state index in [1.54, 1.807) is 13.2 Å². The molecule has 5 rings (SSSR count). The highest BCUT2D eigenvalue weighted by Crippen LogP contribution is 2.35. The molecule has 2 aromatic heterocycles. The van der Waals surface area contributed by atoms with Crippen LogP contribution in [0.15, 0.2) is 52.8 Å². The van der Waals surface area contributed by atoms with Gasteiger partial charge in [-0.2, -0.15) is 0 Å². The summed E-state index contributed by atoms with van der Waals surface area (Å²) in [7, 11) is 1.62. The molecule has 0 bridgehead atoms. The van der Waals surface area contributed by atoms with Gasteiger partial charge in [0.25, 0.3) is 0 Å². The van der Waals surface area contributed by atoms with Crippen LogP contribution in [0.25, 0.3) is 5.57 Å². The molecule has 2 aliphatic rings. The minimum Gasteiger partial charge on any atom is -0.392 e. The summed E-state index contributed by atoms with van der Waals surface area (Å²) in [5.41, 5.74) is 4.65. The molecule has 1 aromatic carbocycles. The molecule has 2 atom stereocenters. The van der Waals surface area contributed by atoms with Crippen LogP contribution in [0.5, 0.6) is 0 Å². The van der Waals surface area contributed by atoms with E-state index >= 15 is 0 Å². The van der Waals surface area contributed by atoms with Gasteiger partial charge < -0.3 is 30.2 Å². The van der Waals surface area contributed by atoms with Gasteiger partial charge >= 0.3 is 0 Å². The Morgan fingerprint density at radius 3 is 2.89 bits per heavy atom. The number of aliphatic hydroxyl groups excluding tert-OH is 2. The Bertz CT molecular complexity index is 1350. The fraction of sp³-hybridized carbons (Fsp3) is 0.346. The van der Waals surface area contributed by atoms with Gasteiger partial charge in [0, 0.05) is 47.9 Å². The standard InChI is InChI=1S/C26H29ClFN5O3S/c1-15-14-37-26(30-15)31-24-7-21(22(27)8-29-24)18-6-23-25(35)33(20(13-36-2)11-32(23)9-18)10-17-5-19(28)4-3-16(17)12-34/h3-7,9,14,20,25,29,34-35H,8,10-13H2,1-2H3,(H,30,31)/t20-,25?/m1/s1. The molecule has 8 nitrogen and oxygen atoms in total. The van der Waals surface area contributed by atoms with Crippen LogP contribution in [0, 0.1) is 12.7 Å². The van der Waals surface area contributed by atoms with E-state index in [4.69, 9.17) is 16.3 Å². The maximum absolute atomic E-state index is 14.0. The van der Waals surface area contributed by atoms with Crippen molar-refractivity contribution >= 4 is 33.6 Å². The summed E-state index contributed by atoms with van der Waals surface area (Å²) >= 11 is 8.15. The molecule has 4 N–H and O–H groups in total. The fourth-order valence-corrected chi connectivity index (χ4v) is 5.72. The lowest BCUT2D eigenvalue weighted by atomic mass is 10.0. The van der Waals surface area contributed by atoms with E-state index in [2.05, 4.69) is 15.6 Å². The first-order valence-corrected chi connectivity index (χ1v) is 13.2. The summed E-state index contributed by atoms with van der Waals surface area (Å²) in [6.45, 7) is 3.41. The number of nitrogens with one attached hydrogen (secondary N) is 2. The van der Waals surface area contributed by atoms with Crippen LogP contribution >= 0.6 is 22.9 Å². The van der Waals surface area contributed by atoms with E-state index in [0.717, 1.165) is 27.8 Å². The van der Waals surface area contributed by atoms with Crippen LogP contribution in [0.2, 0.25) is 0 Å². The second-order valence-electron chi connectivity index (χ2n) is 9.18. The van der Waals surface area contributed by atoms with Crippen molar-refractivity contribution in [1.82, 2.24) is 19.8 Å². The molecule has 0 saturated heterocycles. The SMILES string of the molecule is COC[C@H]1Cn2cc(C3=C(Cl)CNC(Nc4nc(C)cs4)=C3)cc2C(O)N1Cc1cc(F)ccc1CO. The fourth-order valence-electron chi connectivity index (χ4n) is 4.79. The summed E-state index contributed by atoms with van der Waals surface area (Å²) < 4.78 is 21.5. The number of nitrogens with zero attached hydrogens (tertiary/aromatic N) is 3. The number of aliphatic hydroxyl groups is 2. The number of halogens is 2. The van der Waals surface area contributed by atoms with Gasteiger partial charge in [0.1, 0.15) is 17.9 Å². The Kier molecular flexibility index (Phi) is 7.66. The minimum atomic E-state index is -0.960. The van der Waals surface area contributed by atoms with Crippen molar-refractivity contribution in [2.75, 3.05) is 25.6 Å². The van der Waals surface area contributed by atoms with Gasteiger partial charge in [-0.05, 0) is 42.3 Å². The lowest BCUT2D eigenvalue weighted by Crippen LogP contribution is -2.47. The average Bonchev–Trinajstić information content (AvgIpc) is 3.49. The summed E-state index contributed by atoms with van der Waals surface area (Å²) in [5, 5.41) is 31.2. The molecule has 1 unspecified atom stereocenters. The van der Waals surface area contributed by atoms with E-state index in [1.165, 1.54) is 23.5 Å². The van der Waals surface area contributed by atoms with Crippen LogP contribution in [-0.4, -0.2) is 51.0 Å². The molecule has 3 aromatic rings. The first-order chi connectivity index (χ1) is 17.9. The molecule has 0 spiro atoms. The number of rotatable bonds is 8. The summed E-state index contributed by atoms with van der Waals surface area (Å²) in [6.07, 6.45) is 2.98. The first kappa shape index (κ1) is 25.9. The van der Waals surface area contributed by atoms with E-state index in [9.17, 15) is 14.6 Å². The maximum atomic E-state index is 14.0. The summed E-state index contributed by atoms with van der Waals surface area (Å²) in [5.74, 6) is 0.407. The zero-order chi connectivity index (χ0) is 26.1. The molecule has 0 aliphatic carbocycles. The number of hydrogen-bond donors (Lipinski definition) is 4. The zero-order valence-corrected chi connectivity index (χ0v) is 22.1. The molecular formula is C26H29ClFN5O3S. The van der Waals surface area contributed by atoms with Crippen molar-refractivity contribution in [2.24, 2.45) is 0 Å². The number of ether oxygens (including phenoxy) is 1. The Morgan fingerprint density at radius 1 is 1.32 bits per heavy atom. The number of dihydropyridines is 1. The number of allylic oxidation sites excluding steroid dienone is 2. The zero-order valence-electron chi connectivity index (χ0n) is 20.5. The molecule has 37 heavy (non-hydrogen) atoms. The van der Waals surface area contributed by atoms with Crippen molar-refractivity contribution < 1.29 is 19.3 Å². The Hall–Kier alpha value is -2.73. The maximum Gasteiger partial charge on any atom is 0.188 e. The van der Waals surface area contributed by atoms with Crippen LogP contribution < -0.4 is 10.6 Å². The number of hydrogen-bond acceptors (Lipinski definition) is 8. The Morgan fingerprint density at radius 2 is 2.16 bits per heavy atom. The lowest BCUT2D eigenvalue weighted by Gasteiger charge is -2.40. The Balaban J connectivity index is 1.44. The predicted molar refractivity (Wildman–Crippen MR) is 142 cm³/mol. The number of anilines is 1. The number of thiazole rings is 1. The van der Waals surface area contributed by atoms with Gasteiger partial charge in [0.15, 0.2) is 5.13 Å². The molecule has 0 amide bonds. The van der Waals surface area contributed by atoms with Crippen LogP contribution in [0.1, 0.15) is 34.3 Å². The topological polar surface area (TPSA) is 94.8 Å². The van der Waals surface area contributed by atoms with E-state index in [0.29, 0.717) is 41.5 Å². The largest absolute Gasteiger partial charge is 0.392 e. The molecule has 196 valence electrons. The normalized spacial score (nSPS) is 20.0. The van der Waals surface area contributed by atoms with Crippen molar-refractivity contribution in [3.05, 3.63) is 86.7 Å². The van der Waals surface area contributed by atoms with Crippen LogP contribution in [0.4, 0.5) is 9.52 Å². The third-order valence-corrected chi connectivity index (χ3v) is 7.84. The van der Waals surface area contributed by atoms with E-state index in [1.807, 2.05) is 40.1 Å². The molecule has 0 saturated carbocycles. The molecule has 11 heteroatoms.